The molecule has 6 heteroatoms. The summed E-state index contributed by atoms with van der Waals surface area (Å²) in [5.74, 6) is 0.171. The number of hydrogen-bond donors (Lipinski definition) is 0. The molecule has 3 heterocycles. The van der Waals surface area contributed by atoms with Gasteiger partial charge in [-0.3, -0.25) is 14.5 Å². The van der Waals surface area contributed by atoms with Gasteiger partial charge in [-0.15, -0.1) is 0 Å². The Labute approximate surface area is 177 Å². The molecule has 2 aromatic rings. The number of benzene rings is 2. The number of ether oxygens (including phenoxy) is 1. The molecular weight excluding hydrogens is 378 g/mol. The second kappa shape index (κ2) is 8.20. The molecule has 0 radical (unpaired) electrons. The van der Waals surface area contributed by atoms with Crippen LogP contribution in [0, 0.1) is 0 Å². The van der Waals surface area contributed by atoms with E-state index >= 15 is 0 Å². The van der Waals surface area contributed by atoms with Gasteiger partial charge in [0.1, 0.15) is 0 Å². The fraction of sp³-hybridized carbons (Fsp3) is 0.417. The molecule has 5 rings (SSSR count). The normalized spacial score (nSPS) is 24.7. The summed E-state index contributed by atoms with van der Waals surface area (Å²) in [6.45, 7) is 4.27. The molecule has 0 bridgehead atoms. The van der Waals surface area contributed by atoms with Crippen molar-refractivity contribution >= 4 is 17.5 Å². The van der Waals surface area contributed by atoms with Crippen LogP contribution in [0.5, 0.6) is 0 Å². The number of carbonyl (C=O) groups is 2. The maximum absolute atomic E-state index is 13.2. The van der Waals surface area contributed by atoms with Crippen LogP contribution >= 0.6 is 0 Å². The van der Waals surface area contributed by atoms with Crippen molar-refractivity contribution in [2.75, 3.05) is 44.3 Å². The molecule has 6 nitrogen and oxygen atoms in total. The average molecular weight is 405 g/mol. The van der Waals surface area contributed by atoms with Gasteiger partial charge in [0, 0.05) is 43.9 Å². The first-order chi connectivity index (χ1) is 14.7. The summed E-state index contributed by atoms with van der Waals surface area (Å²) in [7, 11) is 0. The number of carbonyl (C=O) groups excluding carboxylic acids is 2. The second-order valence-corrected chi connectivity index (χ2v) is 8.31. The zero-order chi connectivity index (χ0) is 20.5. The van der Waals surface area contributed by atoms with Crippen LogP contribution in [-0.4, -0.2) is 67.0 Å². The van der Waals surface area contributed by atoms with Gasteiger partial charge in [-0.1, -0.05) is 36.4 Å². The van der Waals surface area contributed by atoms with E-state index in [2.05, 4.69) is 29.2 Å². The fourth-order valence-corrected chi connectivity index (χ4v) is 4.90. The number of amides is 2. The van der Waals surface area contributed by atoms with Gasteiger partial charge in [-0.25, -0.2) is 0 Å². The molecule has 2 amide bonds. The molecule has 3 fully saturated rings. The van der Waals surface area contributed by atoms with Gasteiger partial charge >= 0.3 is 0 Å². The number of hydrogen-bond acceptors (Lipinski definition) is 4. The van der Waals surface area contributed by atoms with Crippen molar-refractivity contribution in [1.82, 2.24) is 9.80 Å². The van der Waals surface area contributed by atoms with Crippen molar-refractivity contribution in [3.8, 4) is 0 Å². The van der Waals surface area contributed by atoms with E-state index in [1.54, 1.807) is 4.90 Å². The quantitative estimate of drug-likeness (QED) is 0.788. The van der Waals surface area contributed by atoms with Crippen LogP contribution in [0.25, 0.3) is 0 Å². The van der Waals surface area contributed by atoms with Gasteiger partial charge in [0.25, 0.3) is 5.91 Å². The third-order valence-electron chi connectivity index (χ3n) is 6.46. The lowest BCUT2D eigenvalue weighted by Crippen LogP contribution is -2.60. The van der Waals surface area contributed by atoms with Gasteiger partial charge in [-0.2, -0.15) is 0 Å². The summed E-state index contributed by atoms with van der Waals surface area (Å²) in [4.78, 5) is 31.5. The lowest BCUT2D eigenvalue weighted by Gasteiger charge is -2.48. The highest BCUT2D eigenvalue weighted by Crippen LogP contribution is 2.30. The van der Waals surface area contributed by atoms with E-state index in [9.17, 15) is 9.59 Å². The van der Waals surface area contributed by atoms with Gasteiger partial charge in [-0.05, 0) is 30.2 Å². The van der Waals surface area contributed by atoms with E-state index in [0.717, 1.165) is 25.2 Å². The maximum Gasteiger partial charge on any atom is 0.254 e. The van der Waals surface area contributed by atoms with Crippen LogP contribution in [0.15, 0.2) is 54.6 Å². The summed E-state index contributed by atoms with van der Waals surface area (Å²) in [6.07, 6.45) is 1.47. The summed E-state index contributed by atoms with van der Waals surface area (Å²) in [5, 5.41) is 0. The van der Waals surface area contributed by atoms with E-state index in [1.165, 1.54) is 5.56 Å². The number of morpholine rings is 1. The number of anilines is 1. The summed E-state index contributed by atoms with van der Waals surface area (Å²) in [6, 6.07) is 18.4. The third kappa shape index (κ3) is 3.61. The van der Waals surface area contributed by atoms with Crippen LogP contribution in [-0.2, 0) is 9.53 Å². The fourth-order valence-electron chi connectivity index (χ4n) is 4.90. The Bertz CT molecular complexity index is 932. The SMILES string of the molecule is O=C(c1cccc(N2CCCC2=O)c1)N1CCN2[C@@H](COC[C@@H]2c2ccccc2)C1. The predicted octanol–water partition coefficient (Wildman–Crippen LogP) is 2.71. The Kier molecular flexibility index (Phi) is 5.27. The molecular formula is C24H27N3O3. The van der Waals surface area contributed by atoms with Gasteiger partial charge in [0.05, 0.1) is 25.3 Å². The van der Waals surface area contributed by atoms with E-state index in [4.69, 9.17) is 4.74 Å². The van der Waals surface area contributed by atoms with Crippen molar-refractivity contribution in [1.29, 1.82) is 0 Å². The minimum absolute atomic E-state index is 0.0324. The number of rotatable bonds is 3. The molecule has 0 aliphatic carbocycles. The van der Waals surface area contributed by atoms with Gasteiger partial charge in [0.2, 0.25) is 5.91 Å². The van der Waals surface area contributed by atoms with Crippen molar-refractivity contribution in [2.45, 2.75) is 24.9 Å². The number of piperazine rings is 1. The maximum atomic E-state index is 13.2. The molecule has 156 valence electrons. The Balaban J connectivity index is 1.30. The first kappa shape index (κ1) is 19.3. The standard InChI is InChI=1S/C24H27N3O3/c28-23-10-5-11-27(23)20-9-4-8-19(14-20)24(29)25-12-13-26-21(15-25)16-30-17-22(26)18-6-2-1-3-7-18/h1-4,6-9,14,21-22H,5,10-13,15-17H2/t21-,22-/m1/s1. The highest BCUT2D eigenvalue weighted by molar-refractivity contribution is 5.99. The Morgan fingerprint density at radius 3 is 2.63 bits per heavy atom. The van der Waals surface area contributed by atoms with E-state index in [-0.39, 0.29) is 23.9 Å². The number of nitrogens with zero attached hydrogens (tertiary/aromatic N) is 3. The second-order valence-electron chi connectivity index (χ2n) is 8.31. The molecule has 3 aliphatic heterocycles. The first-order valence-electron chi connectivity index (χ1n) is 10.8. The summed E-state index contributed by atoms with van der Waals surface area (Å²) >= 11 is 0. The zero-order valence-electron chi connectivity index (χ0n) is 17.1. The van der Waals surface area contributed by atoms with Gasteiger partial charge in [0.15, 0.2) is 0 Å². The summed E-state index contributed by atoms with van der Waals surface area (Å²) < 4.78 is 5.91. The van der Waals surface area contributed by atoms with E-state index in [1.807, 2.05) is 35.2 Å². The van der Waals surface area contributed by atoms with Crippen molar-refractivity contribution in [3.05, 3.63) is 65.7 Å². The molecule has 30 heavy (non-hydrogen) atoms. The highest BCUT2D eigenvalue weighted by Gasteiger charge is 2.37. The zero-order valence-corrected chi connectivity index (χ0v) is 17.1. The minimum atomic E-state index is 0.0324. The minimum Gasteiger partial charge on any atom is -0.378 e. The first-order valence-corrected chi connectivity index (χ1v) is 10.8. The van der Waals surface area contributed by atoms with Crippen LogP contribution in [0.3, 0.4) is 0 Å². The van der Waals surface area contributed by atoms with Crippen molar-refractivity contribution in [2.24, 2.45) is 0 Å². The molecule has 2 aromatic carbocycles. The van der Waals surface area contributed by atoms with Gasteiger partial charge < -0.3 is 14.5 Å². The Morgan fingerprint density at radius 2 is 1.83 bits per heavy atom. The van der Waals surface area contributed by atoms with E-state index < -0.39 is 0 Å². The summed E-state index contributed by atoms with van der Waals surface area (Å²) in [5.41, 5.74) is 2.74. The van der Waals surface area contributed by atoms with E-state index in [0.29, 0.717) is 38.3 Å². The Hall–Kier alpha value is -2.70. The Morgan fingerprint density at radius 1 is 0.967 bits per heavy atom. The molecule has 0 saturated carbocycles. The van der Waals surface area contributed by atoms with Crippen LogP contribution in [0.2, 0.25) is 0 Å². The van der Waals surface area contributed by atoms with Crippen molar-refractivity contribution in [3.63, 3.8) is 0 Å². The van der Waals surface area contributed by atoms with Crippen LogP contribution in [0.4, 0.5) is 5.69 Å². The van der Waals surface area contributed by atoms with Crippen LogP contribution in [0.1, 0.15) is 34.8 Å². The van der Waals surface area contributed by atoms with Crippen LogP contribution < -0.4 is 4.90 Å². The average Bonchev–Trinajstić information content (AvgIpc) is 3.24. The molecule has 0 N–H and O–H groups in total. The predicted molar refractivity (Wildman–Crippen MR) is 114 cm³/mol. The molecule has 0 aromatic heterocycles. The molecule has 2 atom stereocenters. The third-order valence-corrected chi connectivity index (χ3v) is 6.46. The highest BCUT2D eigenvalue weighted by atomic mass is 16.5. The smallest absolute Gasteiger partial charge is 0.254 e. The molecule has 0 spiro atoms. The largest absolute Gasteiger partial charge is 0.378 e. The molecule has 0 unspecified atom stereocenters. The monoisotopic (exact) mass is 405 g/mol. The number of fused-ring (bicyclic) bond motifs is 1. The molecule has 3 saturated heterocycles. The molecule has 3 aliphatic rings. The topological polar surface area (TPSA) is 53.1 Å². The lowest BCUT2D eigenvalue weighted by atomic mass is 10.00. The lowest BCUT2D eigenvalue weighted by molar-refractivity contribution is -0.117. The van der Waals surface area contributed by atoms with Crippen molar-refractivity contribution < 1.29 is 14.3 Å².